The average molecular weight is 508 g/mol. The van der Waals surface area contributed by atoms with Crippen molar-refractivity contribution < 1.29 is 18.7 Å². The topological polar surface area (TPSA) is 64.4 Å². The van der Waals surface area contributed by atoms with E-state index in [1.54, 1.807) is 29.8 Å². The first-order chi connectivity index (χ1) is 16.0. The van der Waals surface area contributed by atoms with E-state index in [2.05, 4.69) is 10.00 Å². The summed E-state index contributed by atoms with van der Waals surface area (Å²) >= 11 is 4.76. The van der Waals surface area contributed by atoms with Crippen LogP contribution in [-0.2, 0) is 20.9 Å². The third-order valence-electron chi connectivity index (χ3n) is 6.16. The molecule has 1 aliphatic heterocycles. The van der Waals surface area contributed by atoms with E-state index in [0.29, 0.717) is 31.8 Å². The van der Waals surface area contributed by atoms with Gasteiger partial charge in [0.2, 0.25) is 0 Å². The number of esters is 1. The molecule has 0 amide bonds. The van der Waals surface area contributed by atoms with Crippen LogP contribution in [0.4, 0.5) is 4.39 Å². The van der Waals surface area contributed by atoms with Crippen molar-refractivity contribution >= 4 is 42.9 Å². The minimum atomic E-state index is -0.579. The van der Waals surface area contributed by atoms with Crippen LogP contribution < -0.4 is 0 Å². The number of hydrogen-bond acceptors (Lipinski definition) is 6. The smallest absolute Gasteiger partial charge is 0.307 e. The Kier molecular flexibility index (Phi) is 9.33. The largest absolute Gasteiger partial charge is 0.466 e. The maximum absolute atomic E-state index is 14.7. The van der Waals surface area contributed by atoms with Gasteiger partial charge in [-0.1, -0.05) is 18.2 Å². The van der Waals surface area contributed by atoms with Crippen LogP contribution in [0, 0.1) is 11.7 Å². The zero-order chi connectivity index (χ0) is 23.4. The van der Waals surface area contributed by atoms with Crippen molar-refractivity contribution in [2.45, 2.75) is 50.4 Å². The molecular formula is C25H31ClFN3O3S. The molecule has 184 valence electrons. The van der Waals surface area contributed by atoms with E-state index in [1.807, 2.05) is 18.3 Å². The van der Waals surface area contributed by atoms with Crippen molar-refractivity contribution in [1.29, 1.82) is 0 Å². The summed E-state index contributed by atoms with van der Waals surface area (Å²) in [7, 11) is 0. The van der Waals surface area contributed by atoms with Crippen molar-refractivity contribution in [3.63, 3.8) is 0 Å². The van der Waals surface area contributed by atoms with Crippen LogP contribution in [0.3, 0.4) is 0 Å². The van der Waals surface area contributed by atoms with Crippen LogP contribution in [-0.4, -0.2) is 51.4 Å². The van der Waals surface area contributed by atoms with Crippen LogP contribution in [0.2, 0.25) is 0 Å². The predicted octanol–water partition coefficient (Wildman–Crippen LogP) is 4.51. The molecule has 2 aliphatic rings. The summed E-state index contributed by atoms with van der Waals surface area (Å²) < 4.78 is 21.4. The van der Waals surface area contributed by atoms with E-state index in [0.717, 1.165) is 30.5 Å². The Labute approximate surface area is 211 Å². The Morgan fingerprint density at radius 2 is 2.03 bits per heavy atom. The van der Waals surface area contributed by atoms with Crippen LogP contribution in [0.1, 0.15) is 49.9 Å². The molecule has 0 spiro atoms. The van der Waals surface area contributed by atoms with Crippen LogP contribution in [0.15, 0.2) is 42.1 Å². The van der Waals surface area contributed by atoms with Gasteiger partial charge >= 0.3 is 5.97 Å². The van der Waals surface area contributed by atoms with Gasteiger partial charge in [0.1, 0.15) is 5.82 Å². The number of halogens is 2. The lowest BCUT2D eigenvalue weighted by Crippen LogP contribution is -2.42. The lowest BCUT2D eigenvalue weighted by atomic mass is 9.93. The number of aromatic nitrogens is 2. The number of ether oxygens (including phenoxy) is 1. The van der Waals surface area contributed by atoms with Gasteiger partial charge in [-0.15, -0.1) is 12.4 Å². The fourth-order valence-corrected chi connectivity index (χ4v) is 4.55. The molecule has 1 aliphatic carbocycles. The molecule has 1 saturated carbocycles. The number of carbonyl (C=O) groups excluding carboxylic acids is 2. The van der Waals surface area contributed by atoms with E-state index >= 15 is 0 Å². The highest BCUT2D eigenvalue weighted by molar-refractivity contribution is 7.81. The zero-order valence-electron chi connectivity index (χ0n) is 19.2. The molecule has 4 rings (SSSR count). The van der Waals surface area contributed by atoms with Gasteiger partial charge in [-0.25, -0.2) is 4.39 Å². The molecule has 1 saturated heterocycles. The number of benzene rings is 1. The summed E-state index contributed by atoms with van der Waals surface area (Å²) in [6.07, 6.45) is 6.63. The number of hydrogen-bond donors (Lipinski definition) is 1. The Balaban J connectivity index is 0.00000324. The number of ketones is 1. The van der Waals surface area contributed by atoms with Gasteiger partial charge < -0.3 is 4.74 Å². The second-order valence-corrected chi connectivity index (χ2v) is 9.28. The van der Waals surface area contributed by atoms with Gasteiger partial charge in [0, 0.05) is 36.0 Å². The highest BCUT2D eigenvalue weighted by Crippen LogP contribution is 2.39. The summed E-state index contributed by atoms with van der Waals surface area (Å²) in [5.41, 5.74) is 2.27. The summed E-state index contributed by atoms with van der Waals surface area (Å²) in [6, 6.07) is 7.90. The molecule has 9 heteroatoms. The third kappa shape index (κ3) is 6.49. The summed E-state index contributed by atoms with van der Waals surface area (Å²) in [4.78, 5) is 26.8. The van der Waals surface area contributed by atoms with Crippen molar-refractivity contribution in [2.24, 2.45) is 5.92 Å². The number of aryl methyl sites for hydroxylation is 1. The van der Waals surface area contributed by atoms with E-state index in [4.69, 9.17) is 17.4 Å². The third-order valence-corrected chi connectivity index (χ3v) is 6.75. The molecule has 1 aromatic heterocycles. The minimum absolute atomic E-state index is 0. The Hall–Kier alpha value is -2.16. The molecule has 2 fully saturated rings. The monoisotopic (exact) mass is 507 g/mol. The first kappa shape index (κ1) is 26.4. The number of piperidine rings is 1. The molecular weight excluding hydrogens is 477 g/mol. The van der Waals surface area contributed by atoms with Crippen LogP contribution >= 0.6 is 25.0 Å². The fraction of sp³-hybridized carbons (Fsp3) is 0.480. The number of nitrogens with zero attached hydrogens (tertiary/aromatic N) is 3. The van der Waals surface area contributed by atoms with E-state index in [9.17, 15) is 14.0 Å². The lowest BCUT2D eigenvalue weighted by Gasteiger charge is -2.37. The quantitative estimate of drug-likeness (QED) is 0.400. The molecule has 6 nitrogen and oxygen atoms in total. The van der Waals surface area contributed by atoms with Gasteiger partial charge in [-0.05, 0) is 50.0 Å². The molecule has 34 heavy (non-hydrogen) atoms. The Bertz CT molecular complexity index is 1040. The molecule has 0 bridgehead atoms. The van der Waals surface area contributed by atoms with Crippen LogP contribution in [0.25, 0.3) is 6.08 Å². The SMILES string of the molecule is CCOC(=O)CCn1ccc(/C=C2/CN([C@@H](C(=O)C3CC3)c3ccccc3F)CC[C@H]2S)n1.Cl. The molecule has 2 aromatic rings. The van der Waals surface area contributed by atoms with Gasteiger partial charge in [-0.2, -0.15) is 17.7 Å². The van der Waals surface area contributed by atoms with Gasteiger partial charge in [0.25, 0.3) is 0 Å². The first-order valence-electron chi connectivity index (χ1n) is 11.6. The van der Waals surface area contributed by atoms with Crippen LogP contribution in [0.5, 0.6) is 0 Å². The fourth-order valence-electron chi connectivity index (χ4n) is 4.28. The van der Waals surface area contributed by atoms with E-state index in [-0.39, 0.29) is 47.6 Å². The van der Waals surface area contributed by atoms with Crippen molar-refractivity contribution in [2.75, 3.05) is 19.7 Å². The summed E-state index contributed by atoms with van der Waals surface area (Å²) in [6.45, 7) is 3.81. The molecule has 2 heterocycles. The minimum Gasteiger partial charge on any atom is -0.466 e. The standard InChI is InChI=1S/C25H30FN3O3S.ClH/c1-2-32-23(30)11-14-29-13-9-19(27-29)15-18-16-28(12-10-22(18)33)24(25(31)17-7-8-17)20-5-3-4-6-21(20)26;/h3-6,9,13,15,17,22,24,33H,2,7-8,10-12,14,16H2,1H3;1H/b18-15-;/t22-,24-;/m1./s1. The Morgan fingerprint density at radius 3 is 2.74 bits per heavy atom. The normalized spacial score (nSPS) is 20.6. The van der Waals surface area contributed by atoms with Crippen molar-refractivity contribution in [3.8, 4) is 0 Å². The number of carbonyl (C=O) groups is 2. The number of likely N-dealkylation sites (tertiary alicyclic amines) is 1. The number of thiol groups is 1. The lowest BCUT2D eigenvalue weighted by molar-refractivity contribution is -0.143. The van der Waals surface area contributed by atoms with E-state index < -0.39 is 6.04 Å². The second-order valence-electron chi connectivity index (χ2n) is 8.65. The highest BCUT2D eigenvalue weighted by atomic mass is 35.5. The maximum atomic E-state index is 14.7. The molecule has 2 atom stereocenters. The average Bonchev–Trinajstić information content (AvgIpc) is 3.56. The van der Waals surface area contributed by atoms with Crippen molar-refractivity contribution in [1.82, 2.24) is 14.7 Å². The molecule has 1 aromatic carbocycles. The first-order valence-corrected chi connectivity index (χ1v) is 12.1. The second kappa shape index (κ2) is 12.0. The van der Waals surface area contributed by atoms with E-state index in [1.165, 1.54) is 6.07 Å². The summed E-state index contributed by atoms with van der Waals surface area (Å²) in [5, 5.41) is 4.58. The predicted molar refractivity (Wildman–Crippen MR) is 135 cm³/mol. The van der Waals surface area contributed by atoms with Crippen molar-refractivity contribution in [3.05, 3.63) is 59.2 Å². The zero-order valence-corrected chi connectivity index (χ0v) is 20.9. The Morgan fingerprint density at radius 1 is 1.26 bits per heavy atom. The maximum Gasteiger partial charge on any atom is 0.307 e. The summed E-state index contributed by atoms with van der Waals surface area (Å²) in [5.74, 6) is -0.438. The number of Topliss-reactive ketones (excluding diaryl/α,β-unsaturated/α-hetero) is 1. The highest BCUT2D eigenvalue weighted by Gasteiger charge is 2.40. The molecule has 0 N–H and O–H groups in total. The van der Waals surface area contributed by atoms with Gasteiger partial charge in [0.05, 0.1) is 31.3 Å². The van der Waals surface area contributed by atoms with Gasteiger partial charge in [0.15, 0.2) is 5.78 Å². The van der Waals surface area contributed by atoms with Gasteiger partial charge in [-0.3, -0.25) is 19.2 Å². The number of rotatable bonds is 9. The molecule has 0 radical (unpaired) electrons. The molecule has 0 unspecified atom stereocenters.